The van der Waals surface area contributed by atoms with Crippen molar-refractivity contribution in [2.24, 2.45) is 11.8 Å². The molecule has 1 saturated carbocycles. The molecular weight excluding hydrogens is 288 g/mol. The Kier molecular flexibility index (Phi) is 4.19. The first-order valence-electron chi connectivity index (χ1n) is 7.59. The van der Waals surface area contributed by atoms with Crippen molar-refractivity contribution in [2.45, 2.75) is 39.0 Å². The number of likely N-dealkylation sites (tertiary alicyclic amines) is 1. The van der Waals surface area contributed by atoms with Crippen LogP contribution in [0.5, 0.6) is 0 Å². The summed E-state index contributed by atoms with van der Waals surface area (Å²) in [6.07, 6.45) is 4.38. The minimum atomic E-state index is -0.0257. The number of hydrogen-bond donors (Lipinski definition) is 1. The van der Waals surface area contributed by atoms with E-state index in [-0.39, 0.29) is 23.7 Å². The highest BCUT2D eigenvalue weighted by Gasteiger charge is 2.36. The lowest BCUT2D eigenvalue weighted by Gasteiger charge is -2.31. The number of hydrogen-bond acceptors (Lipinski definition) is 5. The monoisotopic (exact) mass is 308 g/mol. The lowest BCUT2D eigenvalue weighted by atomic mass is 9.95. The number of aryl methyl sites for hydroxylation is 1. The molecule has 0 unspecified atom stereocenters. The molecular formula is C14H20N4O2S. The van der Waals surface area contributed by atoms with E-state index in [0.717, 1.165) is 37.1 Å². The fourth-order valence-electron chi connectivity index (χ4n) is 2.60. The molecule has 0 bridgehead atoms. The molecule has 1 aliphatic carbocycles. The third kappa shape index (κ3) is 3.40. The van der Waals surface area contributed by atoms with Gasteiger partial charge in [0, 0.05) is 24.9 Å². The van der Waals surface area contributed by atoms with Crippen LogP contribution in [0.4, 0.5) is 5.13 Å². The summed E-state index contributed by atoms with van der Waals surface area (Å²) in [5, 5.41) is 12.3. The summed E-state index contributed by atoms with van der Waals surface area (Å²) in [7, 11) is 0. The molecule has 0 spiro atoms. The summed E-state index contributed by atoms with van der Waals surface area (Å²) >= 11 is 1.42. The Morgan fingerprint density at radius 2 is 1.90 bits per heavy atom. The Morgan fingerprint density at radius 1 is 1.19 bits per heavy atom. The van der Waals surface area contributed by atoms with Crippen molar-refractivity contribution in [3.63, 3.8) is 0 Å². The summed E-state index contributed by atoms with van der Waals surface area (Å²) in [5.41, 5.74) is 0. The highest BCUT2D eigenvalue weighted by atomic mass is 32.1. The predicted molar refractivity (Wildman–Crippen MR) is 79.9 cm³/mol. The topological polar surface area (TPSA) is 75.2 Å². The van der Waals surface area contributed by atoms with Gasteiger partial charge in [-0.25, -0.2) is 0 Å². The van der Waals surface area contributed by atoms with Gasteiger partial charge in [0.05, 0.1) is 0 Å². The average molecular weight is 308 g/mol. The number of piperidine rings is 1. The molecule has 2 fully saturated rings. The molecule has 2 amide bonds. The van der Waals surface area contributed by atoms with Crippen LogP contribution in [0.15, 0.2) is 0 Å². The first-order valence-corrected chi connectivity index (χ1v) is 8.41. The van der Waals surface area contributed by atoms with E-state index in [0.29, 0.717) is 18.2 Å². The zero-order valence-electron chi connectivity index (χ0n) is 12.2. The van der Waals surface area contributed by atoms with Crippen molar-refractivity contribution in [2.75, 3.05) is 18.4 Å². The van der Waals surface area contributed by atoms with Crippen molar-refractivity contribution in [3.05, 3.63) is 5.01 Å². The highest BCUT2D eigenvalue weighted by Crippen LogP contribution is 2.32. The SMILES string of the molecule is CCc1nnc(NC(=O)C2CCN(C(=O)C3CC3)CC2)s1. The second kappa shape index (κ2) is 6.09. The molecule has 3 rings (SSSR count). The molecule has 0 atom stereocenters. The lowest BCUT2D eigenvalue weighted by molar-refractivity contribution is -0.135. The molecule has 114 valence electrons. The summed E-state index contributed by atoms with van der Waals surface area (Å²) in [5.74, 6) is 0.532. The third-order valence-corrected chi connectivity index (χ3v) is 5.09. The molecule has 0 aromatic carbocycles. The van der Waals surface area contributed by atoms with Crippen LogP contribution >= 0.6 is 11.3 Å². The number of carbonyl (C=O) groups excluding carboxylic acids is 2. The van der Waals surface area contributed by atoms with Gasteiger partial charge >= 0.3 is 0 Å². The van der Waals surface area contributed by atoms with E-state index in [2.05, 4.69) is 15.5 Å². The van der Waals surface area contributed by atoms with Crippen LogP contribution in [0.3, 0.4) is 0 Å². The van der Waals surface area contributed by atoms with Gasteiger partial charge in [-0.1, -0.05) is 18.3 Å². The lowest BCUT2D eigenvalue weighted by Crippen LogP contribution is -2.42. The van der Waals surface area contributed by atoms with Crippen LogP contribution in [-0.4, -0.2) is 40.0 Å². The second-order valence-corrected chi connectivity index (χ2v) is 6.78. The molecule has 1 saturated heterocycles. The van der Waals surface area contributed by atoms with Crippen LogP contribution in [0, 0.1) is 11.8 Å². The van der Waals surface area contributed by atoms with Crippen molar-refractivity contribution in [1.29, 1.82) is 0 Å². The van der Waals surface area contributed by atoms with Crippen LogP contribution in [-0.2, 0) is 16.0 Å². The average Bonchev–Trinajstić information content (AvgIpc) is 3.27. The predicted octanol–water partition coefficient (Wildman–Crippen LogP) is 1.69. The number of aromatic nitrogens is 2. The summed E-state index contributed by atoms with van der Waals surface area (Å²) in [6.45, 7) is 3.41. The summed E-state index contributed by atoms with van der Waals surface area (Å²) < 4.78 is 0. The molecule has 2 heterocycles. The maximum absolute atomic E-state index is 12.2. The van der Waals surface area contributed by atoms with E-state index in [1.54, 1.807) is 0 Å². The first-order chi connectivity index (χ1) is 10.2. The Labute approximate surface area is 127 Å². The zero-order chi connectivity index (χ0) is 14.8. The minimum Gasteiger partial charge on any atom is -0.342 e. The molecule has 1 aromatic rings. The van der Waals surface area contributed by atoms with Crippen molar-refractivity contribution in [1.82, 2.24) is 15.1 Å². The third-order valence-electron chi connectivity index (χ3n) is 4.10. The van der Waals surface area contributed by atoms with Gasteiger partial charge in [0.1, 0.15) is 5.01 Å². The van der Waals surface area contributed by atoms with Crippen LogP contribution < -0.4 is 5.32 Å². The number of anilines is 1. The number of rotatable bonds is 4. The fraction of sp³-hybridized carbons (Fsp3) is 0.714. The molecule has 1 aliphatic heterocycles. The van der Waals surface area contributed by atoms with Gasteiger partial charge in [-0.3, -0.25) is 9.59 Å². The van der Waals surface area contributed by atoms with Gasteiger partial charge in [0.25, 0.3) is 0 Å². The fourth-order valence-corrected chi connectivity index (χ4v) is 3.29. The summed E-state index contributed by atoms with van der Waals surface area (Å²) in [6, 6.07) is 0. The Balaban J connectivity index is 1.49. The van der Waals surface area contributed by atoms with E-state index in [4.69, 9.17) is 0 Å². The number of nitrogens with one attached hydrogen (secondary N) is 1. The van der Waals surface area contributed by atoms with Gasteiger partial charge in [0.15, 0.2) is 0 Å². The number of nitrogens with zero attached hydrogens (tertiary/aromatic N) is 3. The van der Waals surface area contributed by atoms with Gasteiger partial charge < -0.3 is 10.2 Å². The van der Waals surface area contributed by atoms with Gasteiger partial charge in [-0.15, -0.1) is 10.2 Å². The molecule has 0 radical (unpaired) electrons. The number of amides is 2. The van der Waals surface area contributed by atoms with Crippen LogP contribution in [0.2, 0.25) is 0 Å². The standard InChI is InChI=1S/C14H20N4O2S/c1-2-11-16-17-14(21-11)15-12(19)9-5-7-18(8-6-9)13(20)10-3-4-10/h9-10H,2-8H2,1H3,(H,15,17,19). The highest BCUT2D eigenvalue weighted by molar-refractivity contribution is 7.15. The largest absolute Gasteiger partial charge is 0.342 e. The van der Waals surface area contributed by atoms with E-state index in [1.807, 2.05) is 11.8 Å². The molecule has 7 heteroatoms. The molecule has 1 N–H and O–H groups in total. The Hall–Kier alpha value is -1.50. The Bertz CT molecular complexity index is 533. The maximum Gasteiger partial charge on any atom is 0.229 e. The van der Waals surface area contributed by atoms with E-state index < -0.39 is 0 Å². The van der Waals surface area contributed by atoms with E-state index >= 15 is 0 Å². The molecule has 2 aliphatic rings. The normalized spacial score (nSPS) is 19.6. The van der Waals surface area contributed by atoms with Crippen LogP contribution in [0.1, 0.15) is 37.6 Å². The second-order valence-electron chi connectivity index (χ2n) is 5.72. The molecule has 1 aromatic heterocycles. The zero-order valence-corrected chi connectivity index (χ0v) is 13.0. The summed E-state index contributed by atoms with van der Waals surface area (Å²) in [4.78, 5) is 26.1. The van der Waals surface area contributed by atoms with Gasteiger partial charge in [-0.2, -0.15) is 0 Å². The maximum atomic E-state index is 12.2. The first kappa shape index (κ1) is 14.4. The van der Waals surface area contributed by atoms with Crippen molar-refractivity contribution < 1.29 is 9.59 Å². The van der Waals surface area contributed by atoms with E-state index in [9.17, 15) is 9.59 Å². The van der Waals surface area contributed by atoms with Crippen LogP contribution in [0.25, 0.3) is 0 Å². The van der Waals surface area contributed by atoms with Crippen molar-refractivity contribution in [3.8, 4) is 0 Å². The van der Waals surface area contributed by atoms with Gasteiger partial charge in [-0.05, 0) is 32.1 Å². The van der Waals surface area contributed by atoms with Gasteiger partial charge in [0.2, 0.25) is 16.9 Å². The minimum absolute atomic E-state index is 0.00678. The van der Waals surface area contributed by atoms with E-state index in [1.165, 1.54) is 11.3 Å². The van der Waals surface area contributed by atoms with Crippen molar-refractivity contribution >= 4 is 28.3 Å². The smallest absolute Gasteiger partial charge is 0.229 e. The number of carbonyl (C=O) groups is 2. The molecule has 6 nitrogen and oxygen atoms in total. The Morgan fingerprint density at radius 3 is 2.48 bits per heavy atom. The molecule has 21 heavy (non-hydrogen) atoms. The quantitative estimate of drug-likeness (QED) is 0.918.